The monoisotopic (exact) mass is 580 g/mol. The van der Waals surface area contributed by atoms with Gasteiger partial charge in [0.25, 0.3) is 0 Å². The molecule has 0 bridgehead atoms. The Kier molecular flexibility index (Phi) is 8.69. The number of carbonyl (C=O) groups is 1. The minimum absolute atomic E-state index is 0.000771. The summed E-state index contributed by atoms with van der Waals surface area (Å²) in [4.78, 5) is 31.1. The Labute approximate surface area is 244 Å². The second-order valence-electron chi connectivity index (χ2n) is 12.6. The molecule has 0 radical (unpaired) electrons. The number of likely N-dealkylation sites (tertiary alicyclic amines) is 1. The molecule has 222 valence electrons. The minimum Gasteiger partial charge on any atom is -0.422 e. The van der Waals surface area contributed by atoms with E-state index in [1.807, 2.05) is 39.5 Å². The Hall–Kier alpha value is -2.62. The van der Waals surface area contributed by atoms with Crippen molar-refractivity contribution in [2.75, 3.05) is 37.6 Å². The third kappa shape index (κ3) is 5.37. The molecule has 1 aromatic carbocycles. The molecule has 3 aliphatic heterocycles. The Balaban J connectivity index is 1.35. The highest BCUT2D eigenvalue weighted by molar-refractivity contribution is 7.62. The molecule has 4 heterocycles. The molecule has 5 rings (SSSR count). The van der Waals surface area contributed by atoms with Crippen LogP contribution in [0.1, 0.15) is 82.1 Å². The molecule has 1 saturated heterocycles. The number of hydrogen-bond acceptors (Lipinski definition) is 6. The molecule has 0 unspecified atom stereocenters. The highest BCUT2D eigenvalue weighted by Gasteiger charge is 2.42. The van der Waals surface area contributed by atoms with E-state index in [0.717, 1.165) is 55.3 Å². The lowest BCUT2D eigenvalue weighted by atomic mass is 9.88. The Morgan fingerprint density at radius 1 is 1.12 bits per heavy atom. The Morgan fingerprint density at radius 2 is 1.78 bits per heavy atom. The zero-order valence-corrected chi connectivity index (χ0v) is 26.3. The molecule has 41 heavy (non-hydrogen) atoms. The quantitative estimate of drug-likeness (QED) is 0.294. The van der Waals surface area contributed by atoms with Crippen LogP contribution in [0.5, 0.6) is 0 Å². The fourth-order valence-corrected chi connectivity index (χ4v) is 11.1. The fourth-order valence-electron chi connectivity index (χ4n) is 7.53. The van der Waals surface area contributed by atoms with Crippen LogP contribution >= 0.6 is 7.29 Å². The van der Waals surface area contributed by atoms with Crippen LogP contribution in [0, 0.1) is 18.3 Å². The summed E-state index contributed by atoms with van der Waals surface area (Å²) in [5.74, 6) is -0.0665. The normalized spacial score (nSPS) is 17.9. The van der Waals surface area contributed by atoms with Crippen LogP contribution in [0.2, 0.25) is 0 Å². The van der Waals surface area contributed by atoms with E-state index >= 15 is 0 Å². The summed E-state index contributed by atoms with van der Waals surface area (Å²) in [7, 11) is -2.70. The molecule has 8 nitrogen and oxygen atoms in total. The average molecular weight is 581 g/mol. The summed E-state index contributed by atoms with van der Waals surface area (Å²) >= 11 is 0. The third-order valence-electron chi connectivity index (χ3n) is 9.67. The summed E-state index contributed by atoms with van der Waals surface area (Å²) in [6.45, 7) is 13.7. The third-order valence-corrected chi connectivity index (χ3v) is 14.0. The fraction of sp³-hybridized carbons (Fsp3) is 0.656. The van der Waals surface area contributed by atoms with Crippen molar-refractivity contribution >= 4 is 29.9 Å². The van der Waals surface area contributed by atoms with Gasteiger partial charge in [-0.2, -0.15) is 5.26 Å². The van der Waals surface area contributed by atoms with Crippen LogP contribution in [-0.4, -0.2) is 65.6 Å². The number of rotatable bonds is 8. The lowest BCUT2D eigenvalue weighted by molar-refractivity contribution is -0.131. The van der Waals surface area contributed by atoms with Crippen molar-refractivity contribution in [2.24, 2.45) is 0 Å². The number of piperidine rings is 1. The van der Waals surface area contributed by atoms with E-state index in [1.54, 1.807) is 0 Å². The van der Waals surface area contributed by atoms with E-state index in [1.165, 1.54) is 11.3 Å². The van der Waals surface area contributed by atoms with E-state index in [9.17, 15) is 19.4 Å². The first-order chi connectivity index (χ1) is 19.6. The molecule has 0 atom stereocenters. The van der Waals surface area contributed by atoms with Crippen molar-refractivity contribution in [3.05, 3.63) is 38.7 Å². The molecule has 9 heteroatoms. The highest BCUT2D eigenvalue weighted by atomic mass is 31.2. The second kappa shape index (κ2) is 11.9. The molecule has 0 saturated carbocycles. The molecular formula is C32H45N4O4P. The summed E-state index contributed by atoms with van der Waals surface area (Å²) in [5, 5.41) is 10.2. The number of fused-ring (bicyclic) bond motifs is 2. The van der Waals surface area contributed by atoms with Gasteiger partial charge in [-0.15, -0.1) is 0 Å². The molecule has 2 aromatic rings. The molecule has 1 amide bonds. The van der Waals surface area contributed by atoms with Crippen LogP contribution < -0.4 is 10.5 Å². The van der Waals surface area contributed by atoms with Crippen molar-refractivity contribution in [2.45, 2.75) is 103 Å². The smallest absolute Gasteiger partial charge is 0.340 e. The van der Waals surface area contributed by atoms with Crippen LogP contribution in [-0.2, 0) is 28.6 Å². The summed E-state index contributed by atoms with van der Waals surface area (Å²) in [5.41, 5.74) is 5.37. The van der Waals surface area contributed by atoms with Gasteiger partial charge in [0.05, 0.1) is 18.1 Å². The maximum atomic E-state index is 14.2. The van der Waals surface area contributed by atoms with Gasteiger partial charge in [0.2, 0.25) is 5.91 Å². The first-order valence-corrected chi connectivity index (χ1v) is 17.2. The van der Waals surface area contributed by atoms with Crippen molar-refractivity contribution in [3.63, 3.8) is 0 Å². The number of nitriles is 1. The maximum absolute atomic E-state index is 14.2. The average Bonchev–Trinajstić information content (AvgIpc) is 2.96. The molecule has 0 N–H and O–H groups in total. The molecular weight excluding hydrogens is 535 g/mol. The molecule has 0 aliphatic carbocycles. The van der Waals surface area contributed by atoms with E-state index in [-0.39, 0.29) is 29.7 Å². The SMILES string of the molecule is Cc1c(CC(=O)N2CCC(N(CCC#N)P(=O)(C(C)C)C(C)C)CC2)c(=O)oc2c3c4c(cc12)CCCN4CCC3. The van der Waals surface area contributed by atoms with Crippen molar-refractivity contribution < 1.29 is 13.8 Å². The number of benzene rings is 1. The van der Waals surface area contributed by atoms with Gasteiger partial charge in [0.15, 0.2) is 7.29 Å². The standard InChI is InChI=1S/C32H45N4O4P/c1-21(2)41(39,22(3)4)36(16-8-13-33)25-11-17-34(18-12-25)29(37)20-28-23(5)27-19-24-9-6-14-35-15-7-10-26(30(24)35)31(27)40-32(28)38/h19,21-22,25H,6-12,14-18,20H2,1-5H3. The number of anilines is 1. The van der Waals surface area contributed by atoms with Gasteiger partial charge in [-0.25, -0.2) is 9.46 Å². The van der Waals surface area contributed by atoms with Crippen LogP contribution in [0.15, 0.2) is 15.3 Å². The Bertz CT molecular complexity index is 1450. The molecule has 1 fully saturated rings. The molecule has 3 aliphatic rings. The first-order valence-electron chi connectivity index (χ1n) is 15.4. The number of aryl methyl sites for hydroxylation is 3. The topological polar surface area (TPSA) is 97.9 Å². The van der Waals surface area contributed by atoms with Gasteiger partial charge in [0.1, 0.15) is 5.58 Å². The van der Waals surface area contributed by atoms with Crippen molar-refractivity contribution in [1.82, 2.24) is 9.57 Å². The van der Waals surface area contributed by atoms with E-state index in [4.69, 9.17) is 4.42 Å². The van der Waals surface area contributed by atoms with Crippen molar-refractivity contribution in [1.29, 1.82) is 5.26 Å². The van der Waals surface area contributed by atoms with Crippen LogP contribution in [0.25, 0.3) is 11.0 Å². The van der Waals surface area contributed by atoms with Gasteiger partial charge in [-0.3, -0.25) is 4.79 Å². The second-order valence-corrected chi connectivity index (χ2v) is 16.6. The van der Waals surface area contributed by atoms with Crippen LogP contribution in [0.3, 0.4) is 0 Å². The number of carbonyl (C=O) groups excluding carboxylic acids is 1. The summed E-state index contributed by atoms with van der Waals surface area (Å²) < 4.78 is 22.3. The van der Waals surface area contributed by atoms with Gasteiger partial charge in [0, 0.05) is 73.1 Å². The number of nitrogens with zero attached hydrogens (tertiary/aromatic N) is 4. The Morgan fingerprint density at radius 3 is 2.41 bits per heavy atom. The lowest BCUT2D eigenvalue weighted by Gasteiger charge is -2.45. The van der Waals surface area contributed by atoms with E-state index < -0.39 is 12.9 Å². The van der Waals surface area contributed by atoms with Gasteiger partial charge in [-0.1, -0.05) is 27.7 Å². The zero-order valence-electron chi connectivity index (χ0n) is 25.4. The number of amides is 1. The van der Waals surface area contributed by atoms with Crippen LogP contribution in [0.4, 0.5) is 5.69 Å². The first kappa shape index (κ1) is 29.9. The van der Waals surface area contributed by atoms with E-state index in [0.29, 0.717) is 50.0 Å². The summed E-state index contributed by atoms with van der Waals surface area (Å²) in [6.07, 6.45) is 5.91. The number of hydrogen-bond donors (Lipinski definition) is 0. The van der Waals surface area contributed by atoms with Crippen molar-refractivity contribution in [3.8, 4) is 6.07 Å². The largest absolute Gasteiger partial charge is 0.422 e. The predicted molar refractivity (Wildman–Crippen MR) is 164 cm³/mol. The van der Waals surface area contributed by atoms with E-state index in [2.05, 4.69) is 21.7 Å². The maximum Gasteiger partial charge on any atom is 0.340 e. The zero-order chi connectivity index (χ0) is 29.5. The minimum atomic E-state index is -2.70. The summed E-state index contributed by atoms with van der Waals surface area (Å²) in [6, 6.07) is 4.49. The predicted octanol–water partition coefficient (Wildman–Crippen LogP) is 5.64. The lowest BCUT2D eigenvalue weighted by Crippen LogP contribution is -2.48. The molecule has 1 aromatic heterocycles. The van der Waals surface area contributed by atoms with Gasteiger partial charge < -0.3 is 18.8 Å². The highest BCUT2D eigenvalue weighted by Crippen LogP contribution is 2.59. The van der Waals surface area contributed by atoms with Gasteiger partial charge >= 0.3 is 5.63 Å². The molecule has 0 spiro atoms. The van der Waals surface area contributed by atoms with Gasteiger partial charge in [-0.05, 0) is 62.6 Å².